The summed E-state index contributed by atoms with van der Waals surface area (Å²) in [6.45, 7) is 2.62. The number of nitriles is 1. The van der Waals surface area contributed by atoms with E-state index in [1.165, 1.54) is 6.26 Å². The molecular weight excluding hydrogens is 134 g/mol. The molecule has 0 rings (SSSR count). The van der Waals surface area contributed by atoms with E-state index in [1.54, 1.807) is 0 Å². The van der Waals surface area contributed by atoms with Gasteiger partial charge in [0.25, 0.3) is 6.26 Å². The molecule has 0 amide bonds. The predicted octanol–water partition coefficient (Wildman–Crippen LogP) is -0.119. The fourth-order valence-corrected chi connectivity index (χ4v) is 0.435. The summed E-state index contributed by atoms with van der Waals surface area (Å²) in [6.07, 6.45) is 0.765. The summed E-state index contributed by atoms with van der Waals surface area (Å²) in [7, 11) is 0. The maximum atomic E-state index is 8.91. The molecular formula is C6H11NO3. The SMILES string of the molecule is CCOCC(O)COC#N. The second kappa shape index (κ2) is 6.33. The number of aliphatic hydroxyl groups is 1. The van der Waals surface area contributed by atoms with Gasteiger partial charge in [-0.05, 0) is 6.92 Å². The number of hydrogen-bond donors (Lipinski definition) is 1. The van der Waals surface area contributed by atoms with Gasteiger partial charge in [0.05, 0.1) is 6.61 Å². The molecule has 0 aromatic heterocycles. The first-order chi connectivity index (χ1) is 4.81. The Morgan fingerprint density at radius 1 is 1.60 bits per heavy atom. The summed E-state index contributed by atoms with van der Waals surface area (Å²) >= 11 is 0. The lowest BCUT2D eigenvalue weighted by molar-refractivity contribution is 0.00933. The minimum atomic E-state index is -0.695. The van der Waals surface area contributed by atoms with Crippen molar-refractivity contribution in [1.29, 1.82) is 5.26 Å². The second-order valence-electron chi connectivity index (χ2n) is 1.72. The molecule has 0 spiro atoms. The van der Waals surface area contributed by atoms with Gasteiger partial charge in [-0.2, -0.15) is 5.26 Å². The maximum absolute atomic E-state index is 8.91. The zero-order chi connectivity index (χ0) is 7.82. The van der Waals surface area contributed by atoms with E-state index in [4.69, 9.17) is 15.1 Å². The monoisotopic (exact) mass is 145 g/mol. The smallest absolute Gasteiger partial charge is 0.286 e. The number of aliphatic hydroxyl groups excluding tert-OH is 1. The molecule has 10 heavy (non-hydrogen) atoms. The van der Waals surface area contributed by atoms with Gasteiger partial charge >= 0.3 is 0 Å². The minimum absolute atomic E-state index is 0.0104. The van der Waals surface area contributed by atoms with Crippen molar-refractivity contribution >= 4 is 0 Å². The Morgan fingerprint density at radius 3 is 2.80 bits per heavy atom. The van der Waals surface area contributed by atoms with Gasteiger partial charge in [-0.25, -0.2) is 0 Å². The molecule has 0 aliphatic rings. The molecule has 0 saturated heterocycles. The van der Waals surface area contributed by atoms with Gasteiger partial charge in [0, 0.05) is 6.61 Å². The van der Waals surface area contributed by atoms with E-state index in [-0.39, 0.29) is 13.2 Å². The van der Waals surface area contributed by atoms with Gasteiger partial charge in [0.15, 0.2) is 0 Å². The van der Waals surface area contributed by atoms with Gasteiger partial charge in [-0.1, -0.05) is 0 Å². The molecule has 0 aliphatic heterocycles. The Hall–Kier alpha value is -0.790. The van der Waals surface area contributed by atoms with Crippen molar-refractivity contribution in [3.8, 4) is 6.26 Å². The molecule has 0 heterocycles. The van der Waals surface area contributed by atoms with E-state index >= 15 is 0 Å². The molecule has 58 valence electrons. The van der Waals surface area contributed by atoms with E-state index in [9.17, 15) is 0 Å². The van der Waals surface area contributed by atoms with Crippen LogP contribution >= 0.6 is 0 Å². The molecule has 0 saturated carbocycles. The molecule has 1 atom stereocenters. The summed E-state index contributed by atoms with van der Waals surface area (Å²) < 4.78 is 9.12. The molecule has 0 bridgehead atoms. The average molecular weight is 145 g/mol. The third kappa shape index (κ3) is 5.35. The van der Waals surface area contributed by atoms with Crippen LogP contribution in [0.3, 0.4) is 0 Å². The van der Waals surface area contributed by atoms with Crippen LogP contribution in [0, 0.1) is 11.5 Å². The van der Waals surface area contributed by atoms with Crippen LogP contribution in [0.5, 0.6) is 0 Å². The fraction of sp³-hybridized carbons (Fsp3) is 0.833. The number of nitrogens with zero attached hydrogens (tertiary/aromatic N) is 1. The quantitative estimate of drug-likeness (QED) is 0.548. The Kier molecular flexibility index (Phi) is 5.83. The summed E-state index contributed by atoms with van der Waals surface area (Å²) in [5.74, 6) is 0. The summed E-state index contributed by atoms with van der Waals surface area (Å²) in [5.41, 5.74) is 0. The summed E-state index contributed by atoms with van der Waals surface area (Å²) in [5, 5.41) is 16.8. The Morgan fingerprint density at radius 2 is 2.30 bits per heavy atom. The van der Waals surface area contributed by atoms with Gasteiger partial charge in [-0.15, -0.1) is 0 Å². The van der Waals surface area contributed by atoms with Gasteiger partial charge < -0.3 is 14.6 Å². The van der Waals surface area contributed by atoms with Crippen LogP contribution < -0.4 is 0 Å². The Labute approximate surface area is 60.0 Å². The molecule has 0 aromatic carbocycles. The van der Waals surface area contributed by atoms with Crippen molar-refractivity contribution in [2.24, 2.45) is 0 Å². The lowest BCUT2D eigenvalue weighted by Crippen LogP contribution is -2.20. The summed E-state index contributed by atoms with van der Waals surface area (Å²) in [4.78, 5) is 0. The molecule has 4 nitrogen and oxygen atoms in total. The van der Waals surface area contributed by atoms with Crippen molar-refractivity contribution in [1.82, 2.24) is 0 Å². The molecule has 1 N–H and O–H groups in total. The van der Waals surface area contributed by atoms with E-state index < -0.39 is 6.10 Å². The van der Waals surface area contributed by atoms with Crippen LogP contribution in [0.25, 0.3) is 0 Å². The highest BCUT2D eigenvalue weighted by molar-refractivity contribution is 4.55. The minimum Gasteiger partial charge on any atom is -0.425 e. The van der Waals surface area contributed by atoms with E-state index in [1.807, 2.05) is 6.92 Å². The molecule has 0 aliphatic carbocycles. The van der Waals surface area contributed by atoms with Gasteiger partial charge in [0.1, 0.15) is 12.7 Å². The largest absolute Gasteiger partial charge is 0.425 e. The fourth-order valence-electron chi connectivity index (χ4n) is 0.435. The van der Waals surface area contributed by atoms with Crippen LogP contribution in [0.2, 0.25) is 0 Å². The Bertz CT molecular complexity index is 110. The lowest BCUT2D eigenvalue weighted by Gasteiger charge is -2.06. The highest BCUT2D eigenvalue weighted by Crippen LogP contribution is 1.85. The Balaban J connectivity index is 3.10. The normalized spacial score (nSPS) is 12.1. The number of rotatable bonds is 5. The standard InChI is InChI=1S/C6H11NO3/c1-2-9-3-6(8)4-10-5-7/h6,8H,2-4H2,1H3. The molecule has 0 radical (unpaired) electrons. The highest BCUT2D eigenvalue weighted by atomic mass is 16.5. The average Bonchev–Trinajstić information content (AvgIpc) is 1.97. The number of hydrogen-bond acceptors (Lipinski definition) is 4. The topological polar surface area (TPSA) is 62.5 Å². The summed E-state index contributed by atoms with van der Waals surface area (Å²) in [6, 6.07) is 0. The molecule has 0 aromatic rings. The van der Waals surface area contributed by atoms with Crippen LogP contribution in [-0.4, -0.2) is 31.0 Å². The first kappa shape index (κ1) is 9.21. The van der Waals surface area contributed by atoms with Crippen LogP contribution in [0.1, 0.15) is 6.92 Å². The van der Waals surface area contributed by atoms with E-state index in [0.29, 0.717) is 6.61 Å². The van der Waals surface area contributed by atoms with Gasteiger partial charge in [-0.3, -0.25) is 0 Å². The number of ether oxygens (including phenoxy) is 2. The zero-order valence-corrected chi connectivity index (χ0v) is 5.91. The van der Waals surface area contributed by atoms with Crippen molar-refractivity contribution in [2.45, 2.75) is 13.0 Å². The first-order valence-electron chi connectivity index (χ1n) is 3.08. The third-order valence-corrected chi connectivity index (χ3v) is 0.855. The van der Waals surface area contributed by atoms with Crippen molar-refractivity contribution in [2.75, 3.05) is 19.8 Å². The maximum Gasteiger partial charge on any atom is 0.286 e. The predicted molar refractivity (Wildman–Crippen MR) is 34.1 cm³/mol. The molecule has 4 heteroatoms. The van der Waals surface area contributed by atoms with Crippen LogP contribution in [-0.2, 0) is 9.47 Å². The molecule has 0 fully saturated rings. The lowest BCUT2D eigenvalue weighted by atomic mass is 10.4. The van der Waals surface area contributed by atoms with Crippen molar-refractivity contribution < 1.29 is 14.6 Å². The van der Waals surface area contributed by atoms with Crippen LogP contribution in [0.4, 0.5) is 0 Å². The highest BCUT2D eigenvalue weighted by Gasteiger charge is 2.02. The van der Waals surface area contributed by atoms with Crippen LogP contribution in [0.15, 0.2) is 0 Å². The third-order valence-electron chi connectivity index (χ3n) is 0.855. The second-order valence-corrected chi connectivity index (χ2v) is 1.72. The van der Waals surface area contributed by atoms with E-state index in [2.05, 4.69) is 4.74 Å². The van der Waals surface area contributed by atoms with E-state index in [0.717, 1.165) is 0 Å². The van der Waals surface area contributed by atoms with Gasteiger partial charge in [0.2, 0.25) is 0 Å². The zero-order valence-electron chi connectivity index (χ0n) is 5.91. The molecule has 1 unspecified atom stereocenters. The first-order valence-corrected chi connectivity index (χ1v) is 3.08. The van der Waals surface area contributed by atoms with Crippen molar-refractivity contribution in [3.63, 3.8) is 0 Å². The van der Waals surface area contributed by atoms with Crippen molar-refractivity contribution in [3.05, 3.63) is 0 Å².